The van der Waals surface area contributed by atoms with Gasteiger partial charge in [0, 0.05) is 66.6 Å². The Balaban J connectivity index is 0.00000216. The second-order valence-corrected chi connectivity index (χ2v) is 8.43. The van der Waals surface area contributed by atoms with Gasteiger partial charge in [-0.3, -0.25) is 19.8 Å². The maximum absolute atomic E-state index is 13.5. The predicted molar refractivity (Wildman–Crippen MR) is 156 cm³/mol. The highest BCUT2D eigenvalue weighted by molar-refractivity contribution is 6.09. The first-order chi connectivity index (χ1) is 19.4. The van der Waals surface area contributed by atoms with E-state index in [2.05, 4.69) is 20.3 Å². The predicted octanol–water partition coefficient (Wildman–Crippen LogP) is 7.58. The Labute approximate surface area is 233 Å². The number of carbonyl (C=O) groups excluding carboxylic acids is 1. The Morgan fingerprint density at radius 2 is 1.73 bits per heavy atom. The SMILES string of the molecule is C/C=C(\C=NC)c1cc(-c2cc(Oc3cccc(C(=O)NCc4cc(F)cc(F)c4)c3C)ccn2)ccn1.CC. The maximum Gasteiger partial charge on any atom is 0.251 e. The molecule has 1 amide bonds. The monoisotopic (exact) mass is 542 g/mol. The van der Waals surface area contributed by atoms with Crippen LogP contribution in [-0.4, -0.2) is 29.1 Å². The fourth-order valence-corrected chi connectivity index (χ4v) is 3.90. The zero-order valence-electron chi connectivity index (χ0n) is 23.2. The molecule has 6 nitrogen and oxygen atoms in total. The van der Waals surface area contributed by atoms with Crippen molar-refractivity contribution in [2.24, 2.45) is 4.99 Å². The van der Waals surface area contributed by atoms with Crippen molar-refractivity contribution in [1.82, 2.24) is 15.3 Å². The van der Waals surface area contributed by atoms with Gasteiger partial charge in [-0.15, -0.1) is 0 Å². The number of hydrogen-bond donors (Lipinski definition) is 1. The Morgan fingerprint density at radius 1 is 1.00 bits per heavy atom. The minimum atomic E-state index is -0.697. The third kappa shape index (κ3) is 7.66. The highest BCUT2D eigenvalue weighted by Crippen LogP contribution is 2.30. The van der Waals surface area contributed by atoms with Crippen LogP contribution in [0.4, 0.5) is 8.78 Å². The summed E-state index contributed by atoms with van der Waals surface area (Å²) in [5, 5.41) is 2.70. The van der Waals surface area contributed by atoms with E-state index in [0.717, 1.165) is 22.9 Å². The van der Waals surface area contributed by atoms with Crippen LogP contribution in [0.3, 0.4) is 0 Å². The van der Waals surface area contributed by atoms with E-state index in [1.54, 1.807) is 56.8 Å². The van der Waals surface area contributed by atoms with Crippen LogP contribution in [0.1, 0.15) is 48.0 Å². The molecule has 0 aliphatic carbocycles. The number of halogens is 2. The number of amides is 1. The van der Waals surface area contributed by atoms with Gasteiger partial charge in [-0.05, 0) is 61.9 Å². The number of aromatic nitrogens is 2. The van der Waals surface area contributed by atoms with Gasteiger partial charge in [0.15, 0.2) is 0 Å². The van der Waals surface area contributed by atoms with Crippen LogP contribution in [0.25, 0.3) is 16.8 Å². The number of aliphatic imine (C=N–C) groups is 1. The quantitative estimate of drug-likeness (QED) is 0.233. The van der Waals surface area contributed by atoms with Gasteiger partial charge in [0.1, 0.15) is 23.1 Å². The van der Waals surface area contributed by atoms with Gasteiger partial charge in [-0.2, -0.15) is 0 Å². The molecule has 0 radical (unpaired) electrons. The lowest BCUT2D eigenvalue weighted by atomic mass is 10.1. The van der Waals surface area contributed by atoms with E-state index in [1.165, 1.54) is 12.1 Å². The fourth-order valence-electron chi connectivity index (χ4n) is 3.90. The summed E-state index contributed by atoms with van der Waals surface area (Å²) in [6.07, 6.45) is 7.06. The van der Waals surface area contributed by atoms with Crippen molar-refractivity contribution in [3.8, 4) is 22.8 Å². The number of rotatable bonds is 8. The lowest BCUT2D eigenvalue weighted by molar-refractivity contribution is 0.0949. The highest BCUT2D eigenvalue weighted by atomic mass is 19.1. The molecule has 0 fully saturated rings. The number of nitrogens with one attached hydrogen (secondary N) is 1. The zero-order chi connectivity index (χ0) is 29.1. The number of pyridine rings is 2. The third-order valence-electron chi connectivity index (χ3n) is 5.79. The molecule has 2 aromatic heterocycles. The van der Waals surface area contributed by atoms with Crippen LogP contribution in [0.15, 0.2) is 84.1 Å². The molecule has 1 N–H and O–H groups in total. The standard InChI is InChI=1S/C30H26F2N4O2.C2H6/c1-4-21(18-33-3)27-14-22(8-10-34-27)28-16-25(9-11-35-28)38-29-7-5-6-26(19(29)2)30(37)36-17-20-12-23(31)15-24(32)13-20;1-2/h4-16,18H,17H2,1-3H3,(H,36,37);1-2H3/b21-4+,33-18?;. The van der Waals surface area contributed by atoms with E-state index in [0.29, 0.717) is 33.9 Å². The van der Waals surface area contributed by atoms with Gasteiger partial charge in [-0.25, -0.2) is 8.78 Å². The molecule has 4 aromatic rings. The Kier molecular flexibility index (Phi) is 10.8. The molecule has 8 heteroatoms. The molecule has 0 bridgehead atoms. The maximum atomic E-state index is 13.5. The summed E-state index contributed by atoms with van der Waals surface area (Å²) < 4.78 is 33.0. The topological polar surface area (TPSA) is 76.5 Å². The summed E-state index contributed by atoms with van der Waals surface area (Å²) in [6, 6.07) is 15.6. The van der Waals surface area contributed by atoms with Crippen molar-refractivity contribution in [2.45, 2.75) is 34.2 Å². The van der Waals surface area contributed by atoms with Crippen LogP contribution < -0.4 is 10.1 Å². The summed E-state index contributed by atoms with van der Waals surface area (Å²) in [5.74, 6) is -0.731. The molecule has 2 heterocycles. The molecule has 0 unspecified atom stereocenters. The summed E-state index contributed by atoms with van der Waals surface area (Å²) >= 11 is 0. The average molecular weight is 543 g/mol. The van der Waals surface area contributed by atoms with E-state index in [-0.39, 0.29) is 12.5 Å². The molecule has 0 saturated carbocycles. The van der Waals surface area contributed by atoms with Gasteiger partial charge in [0.25, 0.3) is 5.91 Å². The van der Waals surface area contributed by atoms with Crippen molar-refractivity contribution in [1.29, 1.82) is 0 Å². The second-order valence-electron chi connectivity index (χ2n) is 8.43. The number of nitrogens with zero attached hydrogens (tertiary/aromatic N) is 3. The largest absolute Gasteiger partial charge is 0.457 e. The molecule has 4 rings (SSSR count). The van der Waals surface area contributed by atoms with Crippen molar-refractivity contribution in [3.05, 3.63) is 113 Å². The van der Waals surface area contributed by atoms with Crippen LogP contribution in [0.5, 0.6) is 11.5 Å². The van der Waals surface area contributed by atoms with E-state index in [9.17, 15) is 13.6 Å². The van der Waals surface area contributed by atoms with Crippen molar-refractivity contribution in [3.63, 3.8) is 0 Å². The number of benzene rings is 2. The van der Waals surface area contributed by atoms with Crippen LogP contribution in [0.2, 0.25) is 0 Å². The second kappa shape index (κ2) is 14.4. The first-order valence-electron chi connectivity index (χ1n) is 12.9. The number of hydrogen-bond acceptors (Lipinski definition) is 5. The lowest BCUT2D eigenvalue weighted by Crippen LogP contribution is -2.23. The number of ether oxygens (including phenoxy) is 1. The minimum absolute atomic E-state index is 0.0152. The molecule has 0 aliphatic rings. The number of carbonyl (C=O) groups is 1. The van der Waals surface area contributed by atoms with Crippen LogP contribution in [0, 0.1) is 18.6 Å². The first-order valence-corrected chi connectivity index (χ1v) is 12.9. The van der Waals surface area contributed by atoms with Gasteiger partial charge >= 0.3 is 0 Å². The highest BCUT2D eigenvalue weighted by Gasteiger charge is 2.14. The van der Waals surface area contributed by atoms with Crippen LogP contribution >= 0.6 is 0 Å². The summed E-state index contributed by atoms with van der Waals surface area (Å²) in [5.41, 5.74) is 4.58. The molecule has 0 aliphatic heterocycles. The van der Waals surface area contributed by atoms with Gasteiger partial charge in [-0.1, -0.05) is 26.0 Å². The molecular formula is C32H32F2N4O2. The molecule has 0 atom stereocenters. The van der Waals surface area contributed by atoms with Crippen molar-refractivity contribution >= 4 is 17.7 Å². The Morgan fingerprint density at radius 3 is 2.42 bits per heavy atom. The van der Waals surface area contributed by atoms with Gasteiger partial charge < -0.3 is 10.1 Å². The summed E-state index contributed by atoms with van der Waals surface area (Å²) in [7, 11) is 1.71. The average Bonchev–Trinajstić information content (AvgIpc) is 2.96. The van der Waals surface area contributed by atoms with E-state index < -0.39 is 11.6 Å². The molecule has 0 saturated heterocycles. The zero-order valence-corrected chi connectivity index (χ0v) is 23.2. The number of allylic oxidation sites excluding steroid dienone is 2. The van der Waals surface area contributed by atoms with E-state index >= 15 is 0 Å². The molecule has 206 valence electrons. The van der Waals surface area contributed by atoms with Crippen molar-refractivity contribution in [2.75, 3.05) is 7.05 Å². The summed E-state index contributed by atoms with van der Waals surface area (Å²) in [4.78, 5) is 25.8. The van der Waals surface area contributed by atoms with Crippen molar-refractivity contribution < 1.29 is 18.3 Å². The smallest absolute Gasteiger partial charge is 0.251 e. The van der Waals surface area contributed by atoms with Crippen LogP contribution in [-0.2, 0) is 6.54 Å². The molecular weight excluding hydrogens is 510 g/mol. The Bertz CT molecular complexity index is 1510. The Hall–Kier alpha value is -4.72. The third-order valence-corrected chi connectivity index (χ3v) is 5.79. The minimum Gasteiger partial charge on any atom is -0.457 e. The molecule has 0 spiro atoms. The van der Waals surface area contributed by atoms with E-state index in [1.807, 2.05) is 45.0 Å². The fraction of sp³-hybridized carbons (Fsp3) is 0.188. The molecule has 2 aromatic carbocycles. The van der Waals surface area contributed by atoms with Gasteiger partial charge in [0.2, 0.25) is 0 Å². The van der Waals surface area contributed by atoms with E-state index in [4.69, 9.17) is 4.74 Å². The lowest BCUT2D eigenvalue weighted by Gasteiger charge is -2.13. The summed E-state index contributed by atoms with van der Waals surface area (Å²) in [6.45, 7) is 7.69. The first kappa shape index (κ1) is 29.8. The molecule has 40 heavy (non-hydrogen) atoms. The van der Waals surface area contributed by atoms with Gasteiger partial charge in [0.05, 0.1) is 11.4 Å². The normalized spacial score (nSPS) is 11.1.